The standard InChI is InChI=1S/C20H31N3O4S/c1-22-12-8-16(9-13-22)14-20(24)21-18-15-17(6-7-19(18)27-2)28(25,26)23-10-4-3-5-11-23/h6-7,15-16H,3-5,8-14H2,1-2H3,(H,21,24). The number of ether oxygens (including phenoxy) is 1. The van der Waals surface area contributed by atoms with Crippen molar-refractivity contribution >= 4 is 21.6 Å². The summed E-state index contributed by atoms with van der Waals surface area (Å²) in [5, 5.41) is 2.87. The minimum absolute atomic E-state index is 0.0969. The Labute approximate surface area is 168 Å². The van der Waals surface area contributed by atoms with Gasteiger partial charge in [-0.05, 0) is 69.9 Å². The van der Waals surface area contributed by atoms with Crippen LogP contribution in [0.2, 0.25) is 0 Å². The molecule has 0 spiro atoms. The topological polar surface area (TPSA) is 79.0 Å². The van der Waals surface area contributed by atoms with Crippen LogP contribution in [-0.4, -0.2) is 63.9 Å². The molecule has 156 valence electrons. The molecule has 0 atom stereocenters. The molecule has 3 rings (SSSR count). The third-order valence-corrected chi connectivity index (χ3v) is 7.60. The Kier molecular flexibility index (Phi) is 6.95. The van der Waals surface area contributed by atoms with Crippen LogP contribution in [0.1, 0.15) is 38.5 Å². The van der Waals surface area contributed by atoms with Gasteiger partial charge in [-0.3, -0.25) is 4.79 Å². The van der Waals surface area contributed by atoms with Crippen molar-refractivity contribution in [3.63, 3.8) is 0 Å². The molecule has 0 radical (unpaired) electrons. The van der Waals surface area contributed by atoms with Gasteiger partial charge in [-0.25, -0.2) is 8.42 Å². The highest BCUT2D eigenvalue weighted by molar-refractivity contribution is 7.89. The molecule has 1 aromatic rings. The van der Waals surface area contributed by atoms with E-state index in [2.05, 4.69) is 17.3 Å². The third kappa shape index (κ3) is 5.04. The lowest BCUT2D eigenvalue weighted by atomic mass is 9.93. The number of carbonyl (C=O) groups excluding carboxylic acids is 1. The molecule has 7 nitrogen and oxygen atoms in total. The summed E-state index contributed by atoms with van der Waals surface area (Å²) < 4.78 is 32.7. The van der Waals surface area contributed by atoms with Crippen molar-refractivity contribution in [2.45, 2.75) is 43.4 Å². The van der Waals surface area contributed by atoms with Gasteiger partial charge in [0.05, 0.1) is 17.7 Å². The molecule has 1 aromatic carbocycles. The van der Waals surface area contributed by atoms with Crippen molar-refractivity contribution in [3.8, 4) is 5.75 Å². The molecule has 2 aliphatic heterocycles. The number of amides is 1. The molecular weight excluding hydrogens is 378 g/mol. The number of benzene rings is 1. The monoisotopic (exact) mass is 409 g/mol. The number of nitrogens with zero attached hydrogens (tertiary/aromatic N) is 2. The van der Waals surface area contributed by atoms with Crippen molar-refractivity contribution < 1.29 is 17.9 Å². The number of likely N-dealkylation sites (tertiary alicyclic amines) is 1. The van der Waals surface area contributed by atoms with E-state index in [4.69, 9.17) is 4.74 Å². The number of piperidine rings is 2. The molecule has 0 unspecified atom stereocenters. The SMILES string of the molecule is COc1ccc(S(=O)(=O)N2CCCCC2)cc1NC(=O)CC1CCN(C)CC1. The Bertz CT molecular complexity index is 783. The fraction of sp³-hybridized carbons (Fsp3) is 0.650. The summed E-state index contributed by atoms with van der Waals surface area (Å²) in [6.07, 6.45) is 5.28. The van der Waals surface area contributed by atoms with Gasteiger partial charge in [0.15, 0.2) is 0 Å². The third-order valence-electron chi connectivity index (χ3n) is 5.71. The highest BCUT2D eigenvalue weighted by Gasteiger charge is 2.27. The van der Waals surface area contributed by atoms with Crippen LogP contribution < -0.4 is 10.1 Å². The number of carbonyl (C=O) groups is 1. The van der Waals surface area contributed by atoms with Crippen molar-refractivity contribution in [2.24, 2.45) is 5.92 Å². The first-order valence-corrected chi connectivity index (χ1v) is 11.5. The summed E-state index contributed by atoms with van der Waals surface area (Å²) >= 11 is 0. The van der Waals surface area contributed by atoms with Crippen LogP contribution in [0.25, 0.3) is 0 Å². The van der Waals surface area contributed by atoms with Gasteiger partial charge in [0.25, 0.3) is 0 Å². The predicted octanol–water partition coefficient (Wildman–Crippen LogP) is 2.54. The Morgan fingerprint density at radius 1 is 1.14 bits per heavy atom. The summed E-state index contributed by atoms with van der Waals surface area (Å²) in [4.78, 5) is 15.0. The zero-order valence-electron chi connectivity index (χ0n) is 16.8. The smallest absolute Gasteiger partial charge is 0.243 e. The molecule has 2 aliphatic rings. The second-order valence-corrected chi connectivity index (χ2v) is 9.76. The zero-order valence-corrected chi connectivity index (χ0v) is 17.6. The molecule has 2 heterocycles. The summed E-state index contributed by atoms with van der Waals surface area (Å²) in [6, 6.07) is 4.69. The fourth-order valence-electron chi connectivity index (χ4n) is 3.93. The van der Waals surface area contributed by atoms with Crippen LogP contribution in [0.3, 0.4) is 0 Å². The summed E-state index contributed by atoms with van der Waals surface area (Å²) in [5.41, 5.74) is 0.415. The zero-order chi connectivity index (χ0) is 20.1. The van der Waals surface area contributed by atoms with Crippen molar-refractivity contribution in [1.29, 1.82) is 0 Å². The lowest BCUT2D eigenvalue weighted by Gasteiger charge is -2.28. The average molecular weight is 410 g/mol. The van der Waals surface area contributed by atoms with E-state index in [1.807, 2.05) is 0 Å². The first kappa shape index (κ1) is 21.1. The Hall–Kier alpha value is -1.64. The lowest BCUT2D eigenvalue weighted by molar-refractivity contribution is -0.117. The molecule has 28 heavy (non-hydrogen) atoms. The van der Waals surface area contributed by atoms with Crippen LogP contribution >= 0.6 is 0 Å². The number of hydrogen-bond acceptors (Lipinski definition) is 5. The van der Waals surface area contributed by atoms with E-state index in [-0.39, 0.29) is 10.8 Å². The number of hydrogen-bond donors (Lipinski definition) is 1. The second kappa shape index (κ2) is 9.24. The van der Waals surface area contributed by atoms with Crippen molar-refractivity contribution in [1.82, 2.24) is 9.21 Å². The molecular formula is C20H31N3O4S. The normalized spacial score (nSPS) is 20.1. The first-order chi connectivity index (χ1) is 13.4. The quantitative estimate of drug-likeness (QED) is 0.781. The minimum atomic E-state index is -3.56. The molecule has 1 amide bonds. The molecule has 8 heteroatoms. The van der Waals surface area contributed by atoms with Gasteiger partial charge in [-0.2, -0.15) is 4.31 Å². The number of anilines is 1. The van der Waals surface area contributed by atoms with Crippen LogP contribution in [0.15, 0.2) is 23.1 Å². The number of methoxy groups -OCH3 is 1. The number of nitrogens with one attached hydrogen (secondary N) is 1. The second-order valence-electron chi connectivity index (χ2n) is 7.83. The van der Waals surface area contributed by atoms with Gasteiger partial charge >= 0.3 is 0 Å². The van der Waals surface area contributed by atoms with E-state index < -0.39 is 10.0 Å². The summed E-state index contributed by atoms with van der Waals surface area (Å²) in [7, 11) is 0.0497. The van der Waals surface area contributed by atoms with E-state index in [9.17, 15) is 13.2 Å². The van der Waals surface area contributed by atoms with E-state index in [1.165, 1.54) is 17.5 Å². The maximum Gasteiger partial charge on any atom is 0.243 e. The number of rotatable bonds is 6. The highest BCUT2D eigenvalue weighted by Crippen LogP contribution is 2.30. The Morgan fingerprint density at radius 3 is 2.46 bits per heavy atom. The van der Waals surface area contributed by atoms with E-state index >= 15 is 0 Å². The van der Waals surface area contributed by atoms with Crippen LogP contribution in [0.4, 0.5) is 5.69 Å². The van der Waals surface area contributed by atoms with Gasteiger partial charge in [0.1, 0.15) is 5.75 Å². The van der Waals surface area contributed by atoms with E-state index in [1.54, 1.807) is 12.1 Å². The molecule has 2 saturated heterocycles. The van der Waals surface area contributed by atoms with Gasteiger partial charge in [0, 0.05) is 19.5 Å². The molecule has 0 bridgehead atoms. The first-order valence-electron chi connectivity index (χ1n) is 10.1. The highest BCUT2D eigenvalue weighted by atomic mass is 32.2. The molecule has 2 fully saturated rings. The number of sulfonamides is 1. The maximum absolute atomic E-state index is 12.9. The largest absolute Gasteiger partial charge is 0.495 e. The van der Waals surface area contributed by atoms with Crippen molar-refractivity contribution in [2.75, 3.05) is 45.7 Å². The Balaban J connectivity index is 1.72. The van der Waals surface area contributed by atoms with Gasteiger partial charge in [-0.15, -0.1) is 0 Å². The summed E-state index contributed by atoms with van der Waals surface area (Å²) in [6.45, 7) is 3.11. The minimum Gasteiger partial charge on any atom is -0.495 e. The van der Waals surface area contributed by atoms with Crippen molar-refractivity contribution in [3.05, 3.63) is 18.2 Å². The van der Waals surface area contributed by atoms with Crippen LogP contribution in [0, 0.1) is 5.92 Å². The van der Waals surface area contributed by atoms with Crippen LogP contribution in [0.5, 0.6) is 5.75 Å². The van der Waals surface area contributed by atoms with E-state index in [0.29, 0.717) is 36.9 Å². The van der Waals surface area contributed by atoms with Crippen LogP contribution in [-0.2, 0) is 14.8 Å². The van der Waals surface area contributed by atoms with Gasteiger partial charge in [-0.1, -0.05) is 6.42 Å². The Morgan fingerprint density at radius 2 is 1.82 bits per heavy atom. The maximum atomic E-state index is 12.9. The van der Waals surface area contributed by atoms with Gasteiger partial charge < -0.3 is 15.0 Å². The molecule has 0 aromatic heterocycles. The summed E-state index contributed by atoms with van der Waals surface area (Å²) in [5.74, 6) is 0.733. The molecule has 0 saturated carbocycles. The molecule has 1 N–H and O–H groups in total. The fourth-order valence-corrected chi connectivity index (χ4v) is 5.47. The van der Waals surface area contributed by atoms with Gasteiger partial charge in [0.2, 0.25) is 15.9 Å². The average Bonchev–Trinajstić information content (AvgIpc) is 2.70. The lowest BCUT2D eigenvalue weighted by Crippen LogP contribution is -2.35. The van der Waals surface area contributed by atoms with E-state index in [0.717, 1.165) is 45.2 Å². The molecule has 0 aliphatic carbocycles. The predicted molar refractivity (Wildman–Crippen MR) is 109 cm³/mol.